The lowest BCUT2D eigenvalue weighted by molar-refractivity contribution is 0.0997. The predicted octanol–water partition coefficient (Wildman–Crippen LogP) is 1.31. The highest BCUT2D eigenvalue weighted by Gasteiger charge is 2.20. The molecule has 0 aliphatic carbocycles. The van der Waals surface area contributed by atoms with Crippen LogP contribution in [0.1, 0.15) is 42.3 Å². The van der Waals surface area contributed by atoms with Crippen LogP contribution in [0.2, 0.25) is 0 Å². The van der Waals surface area contributed by atoms with Crippen LogP contribution in [0.3, 0.4) is 0 Å². The van der Waals surface area contributed by atoms with Gasteiger partial charge in [0.1, 0.15) is 0 Å². The molecule has 2 atom stereocenters. The first kappa shape index (κ1) is 11.9. The van der Waals surface area contributed by atoms with Gasteiger partial charge in [0.2, 0.25) is 0 Å². The standard InChI is InChI=1S/C10H18N4OS/c1-7-10(16-14-13-7)9(12-11)5-4-8-3-2-6-15-8/h8-9,12H,2-6,11H2,1H3. The van der Waals surface area contributed by atoms with E-state index in [0.717, 1.165) is 30.0 Å². The molecule has 2 heterocycles. The van der Waals surface area contributed by atoms with Crippen molar-refractivity contribution in [1.29, 1.82) is 0 Å². The molecule has 0 amide bonds. The average Bonchev–Trinajstić information content (AvgIpc) is 2.92. The Morgan fingerprint density at radius 1 is 1.69 bits per heavy atom. The molecule has 5 nitrogen and oxygen atoms in total. The Kier molecular flexibility index (Phi) is 4.22. The van der Waals surface area contributed by atoms with Crippen molar-refractivity contribution in [2.75, 3.05) is 6.61 Å². The molecule has 1 aromatic heterocycles. The maximum absolute atomic E-state index is 5.60. The van der Waals surface area contributed by atoms with Gasteiger partial charge in [-0.1, -0.05) is 4.49 Å². The number of hydrazine groups is 1. The third-order valence-corrected chi connectivity index (χ3v) is 3.95. The molecule has 0 spiro atoms. The van der Waals surface area contributed by atoms with Gasteiger partial charge in [-0.25, -0.2) is 0 Å². The third-order valence-electron chi connectivity index (χ3n) is 3.01. The van der Waals surface area contributed by atoms with Crippen molar-refractivity contribution in [2.24, 2.45) is 5.84 Å². The summed E-state index contributed by atoms with van der Waals surface area (Å²) in [5.41, 5.74) is 3.82. The number of rotatable bonds is 5. The predicted molar refractivity (Wildman–Crippen MR) is 62.9 cm³/mol. The topological polar surface area (TPSA) is 73.1 Å². The minimum atomic E-state index is 0.157. The van der Waals surface area contributed by atoms with Gasteiger partial charge in [-0.2, -0.15) is 0 Å². The lowest BCUT2D eigenvalue weighted by Crippen LogP contribution is -2.28. The second-order valence-corrected chi connectivity index (χ2v) is 4.94. The SMILES string of the molecule is Cc1nnsc1C(CCC1CCCO1)NN. The van der Waals surface area contributed by atoms with Gasteiger partial charge < -0.3 is 4.74 Å². The van der Waals surface area contributed by atoms with E-state index in [1.165, 1.54) is 24.4 Å². The molecule has 1 aliphatic heterocycles. The maximum atomic E-state index is 5.60. The fraction of sp³-hybridized carbons (Fsp3) is 0.800. The van der Waals surface area contributed by atoms with Crippen LogP contribution >= 0.6 is 11.5 Å². The average molecular weight is 242 g/mol. The summed E-state index contributed by atoms with van der Waals surface area (Å²) in [6.07, 6.45) is 4.80. The van der Waals surface area contributed by atoms with E-state index in [4.69, 9.17) is 10.6 Å². The molecule has 1 saturated heterocycles. The maximum Gasteiger partial charge on any atom is 0.0773 e. The highest BCUT2D eigenvalue weighted by Crippen LogP contribution is 2.26. The normalized spacial score (nSPS) is 22.5. The molecule has 0 saturated carbocycles. The van der Waals surface area contributed by atoms with Gasteiger partial charge >= 0.3 is 0 Å². The number of hydrogen-bond donors (Lipinski definition) is 2. The Balaban J connectivity index is 1.88. The number of nitrogens with one attached hydrogen (secondary N) is 1. The minimum Gasteiger partial charge on any atom is -0.378 e. The van der Waals surface area contributed by atoms with Crippen molar-refractivity contribution < 1.29 is 4.74 Å². The van der Waals surface area contributed by atoms with Gasteiger partial charge in [0.25, 0.3) is 0 Å². The zero-order valence-electron chi connectivity index (χ0n) is 9.48. The quantitative estimate of drug-likeness (QED) is 0.601. The van der Waals surface area contributed by atoms with Crippen molar-refractivity contribution in [1.82, 2.24) is 15.0 Å². The first-order valence-electron chi connectivity index (χ1n) is 5.68. The molecule has 0 aromatic carbocycles. The largest absolute Gasteiger partial charge is 0.378 e. The number of aryl methyl sites for hydroxylation is 1. The Morgan fingerprint density at radius 2 is 2.56 bits per heavy atom. The van der Waals surface area contributed by atoms with E-state index < -0.39 is 0 Å². The Hall–Kier alpha value is -0.560. The summed E-state index contributed by atoms with van der Waals surface area (Å²) in [4.78, 5) is 1.14. The summed E-state index contributed by atoms with van der Waals surface area (Å²) in [7, 11) is 0. The van der Waals surface area contributed by atoms with Gasteiger partial charge in [-0.05, 0) is 44.1 Å². The molecule has 1 aromatic rings. The number of aromatic nitrogens is 2. The number of nitrogens with two attached hydrogens (primary N) is 1. The fourth-order valence-corrected chi connectivity index (χ4v) is 2.81. The summed E-state index contributed by atoms with van der Waals surface area (Å²) in [6.45, 7) is 2.88. The van der Waals surface area contributed by atoms with Crippen molar-refractivity contribution in [2.45, 2.75) is 44.8 Å². The van der Waals surface area contributed by atoms with Crippen LogP contribution in [0.15, 0.2) is 0 Å². The van der Waals surface area contributed by atoms with Crippen LogP contribution in [0.25, 0.3) is 0 Å². The Bertz CT molecular complexity index is 324. The molecule has 2 unspecified atom stereocenters. The molecule has 90 valence electrons. The summed E-state index contributed by atoms with van der Waals surface area (Å²) in [6, 6.07) is 0.157. The van der Waals surface area contributed by atoms with Crippen molar-refractivity contribution in [3.8, 4) is 0 Å². The van der Waals surface area contributed by atoms with E-state index in [2.05, 4.69) is 15.0 Å². The van der Waals surface area contributed by atoms with Gasteiger partial charge in [-0.15, -0.1) is 5.10 Å². The van der Waals surface area contributed by atoms with E-state index in [1.807, 2.05) is 6.92 Å². The van der Waals surface area contributed by atoms with Crippen molar-refractivity contribution in [3.63, 3.8) is 0 Å². The zero-order valence-corrected chi connectivity index (χ0v) is 10.3. The van der Waals surface area contributed by atoms with E-state index >= 15 is 0 Å². The third kappa shape index (κ3) is 2.76. The monoisotopic (exact) mass is 242 g/mol. The van der Waals surface area contributed by atoms with E-state index in [0.29, 0.717) is 6.10 Å². The first-order valence-corrected chi connectivity index (χ1v) is 6.45. The van der Waals surface area contributed by atoms with Crippen molar-refractivity contribution >= 4 is 11.5 Å². The van der Waals surface area contributed by atoms with Crippen LogP contribution in [0.4, 0.5) is 0 Å². The molecule has 0 radical (unpaired) electrons. The number of nitrogens with zero attached hydrogens (tertiary/aromatic N) is 2. The minimum absolute atomic E-state index is 0.157. The van der Waals surface area contributed by atoms with Crippen LogP contribution < -0.4 is 11.3 Å². The van der Waals surface area contributed by atoms with E-state index in [9.17, 15) is 0 Å². The van der Waals surface area contributed by atoms with Crippen LogP contribution in [-0.4, -0.2) is 22.3 Å². The van der Waals surface area contributed by atoms with E-state index in [-0.39, 0.29) is 6.04 Å². The second kappa shape index (κ2) is 5.67. The summed E-state index contributed by atoms with van der Waals surface area (Å²) < 4.78 is 9.53. The van der Waals surface area contributed by atoms with Crippen LogP contribution in [0, 0.1) is 6.92 Å². The molecule has 1 aliphatic rings. The molecule has 1 fully saturated rings. The lowest BCUT2D eigenvalue weighted by Gasteiger charge is -2.16. The molecule has 6 heteroatoms. The Labute approximate surface area is 99.5 Å². The number of ether oxygens (including phenoxy) is 1. The molecule has 0 bridgehead atoms. The zero-order chi connectivity index (χ0) is 11.4. The van der Waals surface area contributed by atoms with Crippen LogP contribution in [-0.2, 0) is 4.74 Å². The molecule has 16 heavy (non-hydrogen) atoms. The van der Waals surface area contributed by atoms with Crippen LogP contribution in [0.5, 0.6) is 0 Å². The van der Waals surface area contributed by atoms with Crippen molar-refractivity contribution in [3.05, 3.63) is 10.6 Å². The first-order chi connectivity index (χ1) is 7.81. The molecule has 2 rings (SSSR count). The highest BCUT2D eigenvalue weighted by molar-refractivity contribution is 7.05. The Morgan fingerprint density at radius 3 is 3.12 bits per heavy atom. The smallest absolute Gasteiger partial charge is 0.0773 e. The van der Waals surface area contributed by atoms with Gasteiger partial charge in [0.05, 0.1) is 22.7 Å². The van der Waals surface area contributed by atoms with E-state index in [1.54, 1.807) is 0 Å². The highest BCUT2D eigenvalue weighted by atomic mass is 32.1. The fourth-order valence-electron chi connectivity index (χ4n) is 2.07. The number of hydrogen-bond acceptors (Lipinski definition) is 6. The molecular formula is C10H18N4OS. The van der Waals surface area contributed by atoms with Gasteiger partial charge in [-0.3, -0.25) is 11.3 Å². The summed E-state index contributed by atoms with van der Waals surface area (Å²) >= 11 is 1.42. The second-order valence-electron chi connectivity index (χ2n) is 4.15. The summed E-state index contributed by atoms with van der Waals surface area (Å²) in [5, 5.41) is 4.01. The van der Waals surface area contributed by atoms with Gasteiger partial charge in [0.15, 0.2) is 0 Å². The van der Waals surface area contributed by atoms with Gasteiger partial charge in [0, 0.05) is 6.61 Å². The summed E-state index contributed by atoms with van der Waals surface area (Å²) in [5.74, 6) is 5.58. The molecule has 3 N–H and O–H groups in total. The molecular weight excluding hydrogens is 224 g/mol. The lowest BCUT2D eigenvalue weighted by atomic mass is 10.0.